The zero-order valence-corrected chi connectivity index (χ0v) is 21.3. The number of hydrogen-bond acceptors (Lipinski definition) is 4. The van der Waals surface area contributed by atoms with Crippen LogP contribution in [0.5, 0.6) is 5.75 Å². The molecule has 1 saturated heterocycles. The summed E-state index contributed by atoms with van der Waals surface area (Å²) in [7, 11) is 0. The third-order valence-corrected chi connectivity index (χ3v) is 7.00. The smallest absolute Gasteiger partial charge is 0.262 e. The van der Waals surface area contributed by atoms with Crippen LogP contribution in [0.3, 0.4) is 0 Å². The molecule has 5 rings (SSSR count). The molecule has 3 aromatic carbocycles. The Morgan fingerprint density at radius 3 is 2.51 bits per heavy atom. The molecule has 0 unspecified atom stereocenters. The first kappa shape index (κ1) is 23.4. The van der Waals surface area contributed by atoms with Crippen molar-refractivity contribution in [3.8, 4) is 5.75 Å². The summed E-state index contributed by atoms with van der Waals surface area (Å²) in [6.45, 7) is 3.92. The van der Waals surface area contributed by atoms with Gasteiger partial charge in [-0.15, -0.1) is 0 Å². The molecule has 0 aliphatic carbocycles. The van der Waals surface area contributed by atoms with E-state index in [4.69, 9.17) is 4.74 Å². The minimum atomic E-state index is -0.195. The Morgan fingerprint density at radius 2 is 1.77 bits per heavy atom. The van der Waals surface area contributed by atoms with E-state index in [1.165, 1.54) is 11.3 Å². The van der Waals surface area contributed by atoms with E-state index >= 15 is 0 Å². The molecular formula is C29H28BrN3O2. The Morgan fingerprint density at radius 1 is 1.03 bits per heavy atom. The fraction of sp³-hybridized carbons (Fsp3) is 0.241. The number of carbonyl (C=O) groups is 1. The molecule has 1 aromatic heterocycles. The standard InChI is InChI=1S/C29H28BrN3O2/c1-20-17-28(26-18-23(30)7-12-27(26)31-20)35-19-29(34)32-24-8-10-25(11-9-24)33-15-13-22(14-16-33)21-5-3-2-4-6-21/h2-12,17-18,22H,13-16,19H2,1H3,(H,32,34). The van der Waals surface area contributed by atoms with Crippen molar-refractivity contribution in [3.63, 3.8) is 0 Å². The van der Waals surface area contributed by atoms with Crippen molar-refractivity contribution in [2.75, 3.05) is 29.9 Å². The first-order valence-corrected chi connectivity index (χ1v) is 12.7. The lowest BCUT2D eigenvalue weighted by Gasteiger charge is -2.34. The maximum absolute atomic E-state index is 12.6. The van der Waals surface area contributed by atoms with E-state index in [1.807, 2.05) is 43.3 Å². The second-order valence-electron chi connectivity index (χ2n) is 8.98. The number of ether oxygens (including phenoxy) is 1. The largest absolute Gasteiger partial charge is 0.483 e. The zero-order chi connectivity index (χ0) is 24.2. The van der Waals surface area contributed by atoms with Crippen LogP contribution in [0.2, 0.25) is 0 Å². The van der Waals surface area contributed by atoms with Crippen molar-refractivity contribution < 1.29 is 9.53 Å². The average molecular weight is 530 g/mol. The van der Waals surface area contributed by atoms with Gasteiger partial charge in [0.1, 0.15) is 5.75 Å². The fourth-order valence-electron chi connectivity index (χ4n) is 4.70. The molecule has 0 atom stereocenters. The number of aromatic nitrogens is 1. The topological polar surface area (TPSA) is 54.5 Å². The van der Waals surface area contributed by atoms with Gasteiger partial charge in [0, 0.05) is 46.1 Å². The maximum atomic E-state index is 12.6. The zero-order valence-electron chi connectivity index (χ0n) is 19.7. The van der Waals surface area contributed by atoms with Crippen LogP contribution < -0.4 is 15.0 Å². The number of aryl methyl sites for hydroxylation is 1. The summed E-state index contributed by atoms with van der Waals surface area (Å²) in [5.41, 5.74) is 5.08. The number of rotatable bonds is 6. The molecule has 1 N–H and O–H groups in total. The lowest BCUT2D eigenvalue weighted by Crippen LogP contribution is -2.32. The lowest BCUT2D eigenvalue weighted by molar-refractivity contribution is -0.118. The van der Waals surface area contributed by atoms with E-state index in [0.717, 1.165) is 52.7 Å². The summed E-state index contributed by atoms with van der Waals surface area (Å²) in [4.78, 5) is 19.5. The highest BCUT2D eigenvalue weighted by molar-refractivity contribution is 9.10. The van der Waals surface area contributed by atoms with Crippen LogP contribution in [0.15, 0.2) is 83.3 Å². The van der Waals surface area contributed by atoms with E-state index in [0.29, 0.717) is 11.7 Å². The minimum absolute atomic E-state index is 0.0696. The van der Waals surface area contributed by atoms with Gasteiger partial charge in [-0.25, -0.2) is 0 Å². The van der Waals surface area contributed by atoms with Crippen molar-refractivity contribution in [1.82, 2.24) is 4.98 Å². The van der Waals surface area contributed by atoms with Gasteiger partial charge in [-0.05, 0) is 73.7 Å². The van der Waals surface area contributed by atoms with Gasteiger partial charge in [-0.1, -0.05) is 46.3 Å². The normalized spacial score (nSPS) is 14.2. The molecule has 1 aliphatic rings. The number of fused-ring (bicyclic) bond motifs is 1. The Balaban J connectivity index is 1.16. The van der Waals surface area contributed by atoms with Gasteiger partial charge < -0.3 is 15.0 Å². The first-order chi connectivity index (χ1) is 17.0. The molecule has 0 bridgehead atoms. The van der Waals surface area contributed by atoms with Gasteiger partial charge >= 0.3 is 0 Å². The molecule has 35 heavy (non-hydrogen) atoms. The van der Waals surface area contributed by atoms with E-state index in [9.17, 15) is 4.79 Å². The molecule has 0 saturated carbocycles. The molecule has 178 valence electrons. The number of benzene rings is 3. The predicted molar refractivity (Wildman–Crippen MR) is 145 cm³/mol. The number of nitrogens with one attached hydrogen (secondary N) is 1. The van der Waals surface area contributed by atoms with Crippen molar-refractivity contribution in [2.45, 2.75) is 25.7 Å². The number of carbonyl (C=O) groups excluding carboxylic acids is 1. The summed E-state index contributed by atoms with van der Waals surface area (Å²) < 4.78 is 6.81. The highest BCUT2D eigenvalue weighted by atomic mass is 79.9. The van der Waals surface area contributed by atoms with Crippen molar-refractivity contribution in [2.24, 2.45) is 0 Å². The van der Waals surface area contributed by atoms with E-state index in [2.05, 4.69) is 73.6 Å². The van der Waals surface area contributed by atoms with Crippen LogP contribution in [-0.4, -0.2) is 30.6 Å². The third-order valence-electron chi connectivity index (χ3n) is 6.50. The summed E-state index contributed by atoms with van der Waals surface area (Å²) >= 11 is 3.49. The molecule has 6 heteroatoms. The van der Waals surface area contributed by atoms with E-state index in [1.54, 1.807) is 0 Å². The fourth-order valence-corrected chi connectivity index (χ4v) is 5.07. The van der Waals surface area contributed by atoms with Crippen molar-refractivity contribution in [3.05, 3.63) is 94.6 Å². The second-order valence-corrected chi connectivity index (χ2v) is 9.89. The van der Waals surface area contributed by atoms with Crippen LogP contribution >= 0.6 is 15.9 Å². The van der Waals surface area contributed by atoms with Gasteiger partial charge in [-0.3, -0.25) is 9.78 Å². The van der Waals surface area contributed by atoms with Crippen LogP contribution in [0.25, 0.3) is 10.9 Å². The maximum Gasteiger partial charge on any atom is 0.262 e. The molecule has 2 heterocycles. The highest BCUT2D eigenvalue weighted by Crippen LogP contribution is 2.31. The third kappa shape index (κ3) is 5.65. The Bertz CT molecular complexity index is 1320. The number of piperidine rings is 1. The highest BCUT2D eigenvalue weighted by Gasteiger charge is 2.20. The summed E-state index contributed by atoms with van der Waals surface area (Å²) in [6.07, 6.45) is 2.30. The van der Waals surface area contributed by atoms with Gasteiger partial charge in [-0.2, -0.15) is 0 Å². The number of halogens is 1. The van der Waals surface area contributed by atoms with E-state index < -0.39 is 0 Å². The number of hydrogen-bond donors (Lipinski definition) is 1. The molecule has 0 spiro atoms. The second kappa shape index (κ2) is 10.5. The Hall–Kier alpha value is -3.38. The molecular weight excluding hydrogens is 502 g/mol. The van der Waals surface area contributed by atoms with Gasteiger partial charge in [0.05, 0.1) is 5.52 Å². The molecule has 5 nitrogen and oxygen atoms in total. The quantitative estimate of drug-likeness (QED) is 0.301. The van der Waals surface area contributed by atoms with Crippen LogP contribution in [0.4, 0.5) is 11.4 Å². The molecule has 1 aliphatic heterocycles. The predicted octanol–water partition coefficient (Wildman–Crippen LogP) is 6.71. The summed E-state index contributed by atoms with van der Waals surface area (Å²) in [5.74, 6) is 1.09. The molecule has 1 fully saturated rings. The monoisotopic (exact) mass is 529 g/mol. The van der Waals surface area contributed by atoms with Gasteiger partial charge in [0.25, 0.3) is 5.91 Å². The van der Waals surface area contributed by atoms with E-state index in [-0.39, 0.29) is 12.5 Å². The SMILES string of the molecule is Cc1cc(OCC(=O)Nc2ccc(N3CCC(c4ccccc4)CC3)cc2)c2cc(Br)ccc2n1. The first-order valence-electron chi connectivity index (χ1n) is 11.9. The number of amides is 1. The van der Waals surface area contributed by atoms with Crippen LogP contribution in [-0.2, 0) is 4.79 Å². The lowest BCUT2D eigenvalue weighted by atomic mass is 9.89. The number of nitrogens with zero attached hydrogens (tertiary/aromatic N) is 2. The van der Waals surface area contributed by atoms with Crippen LogP contribution in [0.1, 0.15) is 30.0 Å². The molecule has 0 radical (unpaired) electrons. The molecule has 1 amide bonds. The van der Waals surface area contributed by atoms with Gasteiger partial charge in [0.15, 0.2) is 6.61 Å². The Kier molecular flexibility index (Phi) is 7.00. The van der Waals surface area contributed by atoms with Crippen molar-refractivity contribution in [1.29, 1.82) is 0 Å². The van der Waals surface area contributed by atoms with Crippen LogP contribution in [0, 0.1) is 6.92 Å². The Labute approximate surface area is 214 Å². The van der Waals surface area contributed by atoms with Crippen molar-refractivity contribution >= 4 is 44.1 Å². The summed E-state index contributed by atoms with van der Waals surface area (Å²) in [5, 5.41) is 3.81. The minimum Gasteiger partial charge on any atom is -0.483 e. The number of pyridine rings is 1. The average Bonchev–Trinajstić information content (AvgIpc) is 2.89. The van der Waals surface area contributed by atoms with Gasteiger partial charge in [0.2, 0.25) is 0 Å². The number of anilines is 2. The molecule has 4 aromatic rings. The summed E-state index contributed by atoms with van der Waals surface area (Å²) in [6, 6.07) is 26.6.